The molecule has 0 amide bonds. The maximum absolute atomic E-state index is 10.7. The Kier molecular flexibility index (Phi) is 6.71. The summed E-state index contributed by atoms with van der Waals surface area (Å²) in [5.74, 6) is 0.0630. The lowest BCUT2D eigenvalue weighted by atomic mass is 10.2. The number of allylic oxidation sites excluding steroid dienone is 1. The molecule has 0 fully saturated rings. The molecule has 0 aliphatic heterocycles. The summed E-state index contributed by atoms with van der Waals surface area (Å²) >= 11 is 2.15. The molecule has 1 aromatic rings. The monoisotopic (exact) mass is 387 g/mol. The van der Waals surface area contributed by atoms with Crippen LogP contribution >= 0.6 is 22.6 Å². The molecule has 0 atom stereocenters. The fourth-order valence-electron chi connectivity index (χ4n) is 1.84. The second-order valence-electron chi connectivity index (χ2n) is 4.52. The molecule has 0 spiro atoms. The predicted octanol–water partition coefficient (Wildman–Crippen LogP) is 3.12. The zero-order valence-corrected chi connectivity index (χ0v) is 13.8. The van der Waals surface area contributed by atoms with Gasteiger partial charge in [-0.05, 0) is 48.8 Å². The van der Waals surface area contributed by atoms with E-state index in [1.807, 2.05) is 0 Å². The molecule has 20 heavy (non-hydrogen) atoms. The number of hydrogen-bond acceptors (Lipinski definition) is 3. The van der Waals surface area contributed by atoms with Crippen LogP contribution in [0.15, 0.2) is 11.6 Å². The van der Waals surface area contributed by atoms with Gasteiger partial charge < -0.3 is 9.67 Å². The fraction of sp³-hybridized carbons (Fsp3) is 0.500. The van der Waals surface area contributed by atoms with Crippen molar-refractivity contribution in [1.82, 2.24) is 9.55 Å². The van der Waals surface area contributed by atoms with E-state index in [2.05, 4.69) is 45.1 Å². The second-order valence-corrected chi connectivity index (χ2v) is 5.54. The molecule has 108 valence electrons. The first-order valence-electron chi connectivity index (χ1n) is 6.56. The van der Waals surface area contributed by atoms with Crippen molar-refractivity contribution in [2.75, 3.05) is 0 Å². The van der Waals surface area contributed by atoms with Gasteiger partial charge in [-0.1, -0.05) is 13.0 Å². The van der Waals surface area contributed by atoms with Crippen LogP contribution in [0.4, 0.5) is 0 Å². The van der Waals surface area contributed by atoms with Crippen molar-refractivity contribution >= 4 is 28.6 Å². The maximum atomic E-state index is 10.7. The quantitative estimate of drug-likeness (QED) is 0.443. The molecule has 0 aliphatic carbocycles. The summed E-state index contributed by atoms with van der Waals surface area (Å²) in [6.07, 6.45) is 5.10. The number of hydrogen-bond donors (Lipinski definition) is 1. The van der Waals surface area contributed by atoms with Crippen molar-refractivity contribution in [2.45, 2.75) is 46.1 Å². The van der Waals surface area contributed by atoms with E-state index in [0.717, 1.165) is 35.3 Å². The van der Waals surface area contributed by atoms with Crippen LogP contribution in [0.25, 0.3) is 0 Å². The number of carboxylic acids is 1. The Balaban J connectivity index is 2.72. The summed E-state index contributed by atoms with van der Waals surface area (Å²) < 4.78 is 2.93. The van der Waals surface area contributed by atoms with E-state index in [9.17, 15) is 4.79 Å². The molecule has 1 N–H and O–H groups in total. The average molecular weight is 387 g/mol. The molecule has 0 saturated heterocycles. The molecular weight excluding hydrogens is 369 g/mol. The molecule has 0 radical (unpaired) electrons. The van der Waals surface area contributed by atoms with Crippen LogP contribution in [0, 0.1) is 15.0 Å². The van der Waals surface area contributed by atoms with Gasteiger partial charge in [0.25, 0.3) is 0 Å². The standard InChI is InChI=1S/C14H18IN3O2/c1-3-6-12-17-11(9-16)13(15)18(12)8-5-4-7-10(2)14(19)20/h7H,3-6,8H2,1-2H3,(H,19,20). The number of unbranched alkanes of at least 4 members (excludes halogenated alkanes) is 1. The van der Waals surface area contributed by atoms with Gasteiger partial charge in [-0.2, -0.15) is 5.26 Å². The highest BCUT2D eigenvalue weighted by atomic mass is 127. The maximum Gasteiger partial charge on any atom is 0.330 e. The molecule has 0 aliphatic rings. The molecule has 0 unspecified atom stereocenters. The number of rotatable bonds is 7. The van der Waals surface area contributed by atoms with E-state index in [4.69, 9.17) is 10.4 Å². The first-order valence-corrected chi connectivity index (χ1v) is 7.64. The van der Waals surface area contributed by atoms with Crippen LogP contribution < -0.4 is 0 Å². The highest BCUT2D eigenvalue weighted by Gasteiger charge is 2.13. The van der Waals surface area contributed by atoms with Crippen molar-refractivity contribution in [3.8, 4) is 6.07 Å². The van der Waals surface area contributed by atoms with Gasteiger partial charge in [0.1, 0.15) is 15.6 Å². The van der Waals surface area contributed by atoms with Crippen LogP contribution in [0.5, 0.6) is 0 Å². The first-order chi connectivity index (χ1) is 9.51. The molecule has 0 bridgehead atoms. The Bertz CT molecular complexity index is 556. The van der Waals surface area contributed by atoms with E-state index in [0.29, 0.717) is 17.7 Å². The third-order valence-corrected chi connectivity index (χ3v) is 4.03. The minimum absolute atomic E-state index is 0.372. The second kappa shape index (κ2) is 8.04. The highest BCUT2D eigenvalue weighted by Crippen LogP contribution is 2.17. The minimum atomic E-state index is -0.874. The number of carbonyl (C=O) groups is 1. The van der Waals surface area contributed by atoms with Crippen LogP contribution in [-0.2, 0) is 17.8 Å². The number of aromatic nitrogens is 2. The van der Waals surface area contributed by atoms with E-state index in [-0.39, 0.29) is 0 Å². The van der Waals surface area contributed by atoms with Gasteiger partial charge in [0.15, 0.2) is 5.69 Å². The van der Waals surface area contributed by atoms with E-state index in [1.54, 1.807) is 13.0 Å². The predicted molar refractivity (Wildman–Crippen MR) is 84.3 cm³/mol. The highest BCUT2D eigenvalue weighted by molar-refractivity contribution is 14.1. The first kappa shape index (κ1) is 16.7. The van der Waals surface area contributed by atoms with Gasteiger partial charge in [-0.3, -0.25) is 0 Å². The van der Waals surface area contributed by atoms with E-state index in [1.165, 1.54) is 0 Å². The summed E-state index contributed by atoms with van der Waals surface area (Å²) in [6.45, 7) is 4.43. The third kappa shape index (κ3) is 4.34. The van der Waals surface area contributed by atoms with Crippen molar-refractivity contribution in [3.63, 3.8) is 0 Å². The number of nitriles is 1. The van der Waals surface area contributed by atoms with Crippen molar-refractivity contribution in [3.05, 3.63) is 26.9 Å². The SMILES string of the molecule is CCCc1nc(C#N)c(I)n1CCCC=C(C)C(=O)O. The van der Waals surface area contributed by atoms with Crippen LogP contribution in [-0.4, -0.2) is 20.6 Å². The molecule has 5 nitrogen and oxygen atoms in total. The van der Waals surface area contributed by atoms with E-state index < -0.39 is 5.97 Å². The largest absolute Gasteiger partial charge is 0.478 e. The Morgan fingerprint density at radius 3 is 2.85 bits per heavy atom. The van der Waals surface area contributed by atoms with E-state index >= 15 is 0 Å². The van der Waals surface area contributed by atoms with Crippen LogP contribution in [0.1, 0.15) is 44.6 Å². The van der Waals surface area contributed by atoms with Gasteiger partial charge in [0.2, 0.25) is 0 Å². The summed E-state index contributed by atoms with van der Waals surface area (Å²) in [5.41, 5.74) is 0.850. The van der Waals surface area contributed by atoms with Gasteiger partial charge in [0.05, 0.1) is 0 Å². The fourth-order valence-corrected chi connectivity index (χ4v) is 2.61. The number of imidazole rings is 1. The van der Waals surface area contributed by atoms with Crippen molar-refractivity contribution in [1.29, 1.82) is 5.26 Å². The minimum Gasteiger partial charge on any atom is -0.478 e. The molecule has 6 heteroatoms. The topological polar surface area (TPSA) is 78.9 Å². The molecule has 1 heterocycles. The van der Waals surface area contributed by atoms with Gasteiger partial charge >= 0.3 is 5.97 Å². The normalized spacial score (nSPS) is 11.4. The molecule has 0 aromatic carbocycles. The summed E-state index contributed by atoms with van der Waals surface area (Å²) in [4.78, 5) is 15.0. The number of aliphatic carboxylic acids is 1. The zero-order valence-electron chi connectivity index (χ0n) is 11.7. The van der Waals surface area contributed by atoms with Gasteiger partial charge in [-0.25, -0.2) is 9.78 Å². The smallest absolute Gasteiger partial charge is 0.330 e. The Morgan fingerprint density at radius 2 is 2.30 bits per heavy atom. The number of halogens is 1. The molecule has 1 aromatic heterocycles. The average Bonchev–Trinajstić information content (AvgIpc) is 2.71. The Hall–Kier alpha value is -1.36. The lowest BCUT2D eigenvalue weighted by Crippen LogP contribution is -2.06. The summed E-state index contributed by atoms with van der Waals surface area (Å²) in [5, 5.41) is 17.8. The van der Waals surface area contributed by atoms with Crippen LogP contribution in [0.3, 0.4) is 0 Å². The number of carboxylic acid groups (broad SMARTS) is 1. The molecule has 1 rings (SSSR count). The van der Waals surface area contributed by atoms with Crippen LogP contribution in [0.2, 0.25) is 0 Å². The molecular formula is C14H18IN3O2. The van der Waals surface area contributed by atoms with Gasteiger partial charge in [-0.15, -0.1) is 0 Å². The Labute approximate surface area is 132 Å². The van der Waals surface area contributed by atoms with Gasteiger partial charge in [0, 0.05) is 18.5 Å². The summed E-state index contributed by atoms with van der Waals surface area (Å²) in [7, 11) is 0. The lowest BCUT2D eigenvalue weighted by Gasteiger charge is -2.07. The third-order valence-electron chi connectivity index (χ3n) is 2.94. The van der Waals surface area contributed by atoms with Crippen molar-refractivity contribution < 1.29 is 9.90 Å². The zero-order chi connectivity index (χ0) is 15.1. The van der Waals surface area contributed by atoms with Crippen molar-refractivity contribution in [2.24, 2.45) is 0 Å². The Morgan fingerprint density at radius 1 is 1.60 bits per heavy atom. The lowest BCUT2D eigenvalue weighted by molar-refractivity contribution is -0.132. The molecule has 0 saturated carbocycles. The number of aryl methyl sites for hydroxylation is 1. The summed E-state index contributed by atoms with van der Waals surface area (Å²) in [6, 6.07) is 2.11. The number of nitrogens with zero attached hydrogens (tertiary/aromatic N) is 3.